The van der Waals surface area contributed by atoms with Gasteiger partial charge in [-0.3, -0.25) is 9.59 Å². The summed E-state index contributed by atoms with van der Waals surface area (Å²) in [6.07, 6.45) is 2.00. The fourth-order valence-electron chi connectivity index (χ4n) is 3.16. The smallest absolute Gasteiger partial charge is 0.223 e. The number of ether oxygens (including phenoxy) is 1. The Morgan fingerprint density at radius 2 is 2.21 bits per heavy atom. The van der Waals surface area contributed by atoms with Gasteiger partial charge < -0.3 is 19.9 Å². The lowest BCUT2D eigenvalue weighted by Gasteiger charge is -2.26. The highest BCUT2D eigenvalue weighted by Crippen LogP contribution is 2.30. The summed E-state index contributed by atoms with van der Waals surface area (Å²) in [5, 5.41) is 5.79. The molecule has 0 spiro atoms. The second-order valence-electron chi connectivity index (χ2n) is 6.47. The molecule has 1 atom stereocenters. The lowest BCUT2D eigenvalue weighted by atomic mass is 10.2. The molecule has 1 fully saturated rings. The predicted molar refractivity (Wildman–Crippen MR) is 88.5 cm³/mol. The second-order valence-corrected chi connectivity index (χ2v) is 6.47. The first-order valence-corrected chi connectivity index (χ1v) is 8.26. The molecule has 0 radical (unpaired) electrons. The van der Waals surface area contributed by atoms with Gasteiger partial charge in [0.2, 0.25) is 11.8 Å². The van der Waals surface area contributed by atoms with Crippen LogP contribution >= 0.6 is 0 Å². The average molecular weight is 328 g/mol. The maximum atomic E-state index is 11.9. The Labute approximate surface area is 139 Å². The molecule has 2 aromatic rings. The zero-order valence-corrected chi connectivity index (χ0v) is 13.5. The Morgan fingerprint density at radius 3 is 2.96 bits per heavy atom. The molecule has 0 saturated heterocycles. The number of carbonyl (C=O) groups excluding carboxylic acids is 2. The molecule has 2 N–H and O–H groups in total. The van der Waals surface area contributed by atoms with Crippen molar-refractivity contribution in [2.75, 3.05) is 18.5 Å². The summed E-state index contributed by atoms with van der Waals surface area (Å²) in [5.41, 5.74) is 2.54. The summed E-state index contributed by atoms with van der Waals surface area (Å²) in [4.78, 5) is 27.7. The SMILES string of the molecule is CC(=O)Nc1ccc2c(c1)nc1n2C(CNC(=O)C2CC2)COC1. The number of nitrogens with zero attached hydrogens (tertiary/aromatic N) is 2. The Bertz CT molecular complexity index is 810. The van der Waals surface area contributed by atoms with Gasteiger partial charge in [0.15, 0.2) is 0 Å². The largest absolute Gasteiger partial charge is 0.371 e. The number of carbonyl (C=O) groups is 2. The van der Waals surface area contributed by atoms with E-state index in [4.69, 9.17) is 4.74 Å². The van der Waals surface area contributed by atoms with Gasteiger partial charge in [-0.05, 0) is 31.0 Å². The topological polar surface area (TPSA) is 85.3 Å². The maximum absolute atomic E-state index is 11.9. The summed E-state index contributed by atoms with van der Waals surface area (Å²) in [5.74, 6) is 1.08. The number of hydrogen-bond acceptors (Lipinski definition) is 4. The van der Waals surface area contributed by atoms with Crippen molar-refractivity contribution >= 4 is 28.5 Å². The minimum Gasteiger partial charge on any atom is -0.371 e. The number of hydrogen-bond donors (Lipinski definition) is 2. The van der Waals surface area contributed by atoms with Crippen LogP contribution in [0, 0.1) is 5.92 Å². The first kappa shape index (κ1) is 15.1. The third-order valence-electron chi connectivity index (χ3n) is 4.45. The average Bonchev–Trinajstić information content (AvgIpc) is 3.32. The molecule has 24 heavy (non-hydrogen) atoms. The molecule has 2 amide bonds. The summed E-state index contributed by atoms with van der Waals surface area (Å²) >= 11 is 0. The highest BCUT2D eigenvalue weighted by molar-refractivity contribution is 5.91. The molecule has 7 nitrogen and oxygen atoms in total. The van der Waals surface area contributed by atoms with Crippen molar-refractivity contribution < 1.29 is 14.3 Å². The fourth-order valence-corrected chi connectivity index (χ4v) is 3.16. The first-order valence-electron chi connectivity index (χ1n) is 8.26. The monoisotopic (exact) mass is 328 g/mol. The van der Waals surface area contributed by atoms with Gasteiger partial charge in [0, 0.05) is 25.1 Å². The summed E-state index contributed by atoms with van der Waals surface area (Å²) in [7, 11) is 0. The van der Waals surface area contributed by atoms with Gasteiger partial charge in [0.1, 0.15) is 12.4 Å². The molecule has 4 rings (SSSR count). The van der Waals surface area contributed by atoms with Crippen LogP contribution in [0.1, 0.15) is 31.6 Å². The lowest BCUT2D eigenvalue weighted by molar-refractivity contribution is -0.122. The van der Waals surface area contributed by atoms with Gasteiger partial charge >= 0.3 is 0 Å². The van der Waals surface area contributed by atoms with E-state index < -0.39 is 0 Å². The summed E-state index contributed by atoms with van der Waals surface area (Å²) < 4.78 is 7.78. The van der Waals surface area contributed by atoms with Crippen molar-refractivity contribution in [3.63, 3.8) is 0 Å². The fraction of sp³-hybridized carbons (Fsp3) is 0.471. The molecule has 1 aliphatic heterocycles. The minimum absolute atomic E-state index is 0.0352. The molecular formula is C17H20N4O3. The van der Waals surface area contributed by atoms with Gasteiger partial charge in [0.25, 0.3) is 0 Å². The van der Waals surface area contributed by atoms with Crippen LogP contribution in [-0.2, 0) is 20.9 Å². The number of imidazole rings is 1. The zero-order chi connectivity index (χ0) is 16.7. The number of anilines is 1. The van der Waals surface area contributed by atoms with Gasteiger partial charge in [-0.2, -0.15) is 0 Å². The number of amides is 2. The van der Waals surface area contributed by atoms with E-state index in [0.717, 1.165) is 35.4 Å². The summed E-state index contributed by atoms with van der Waals surface area (Å²) in [6, 6.07) is 5.72. The van der Waals surface area contributed by atoms with Crippen molar-refractivity contribution in [1.29, 1.82) is 0 Å². The first-order chi connectivity index (χ1) is 11.6. The third-order valence-corrected chi connectivity index (χ3v) is 4.45. The predicted octanol–water partition coefficient (Wildman–Crippen LogP) is 1.59. The second kappa shape index (κ2) is 5.90. The quantitative estimate of drug-likeness (QED) is 0.892. The standard InChI is InChI=1S/C17H20N4O3/c1-10(22)19-12-4-5-15-14(6-12)20-16-9-24-8-13(21(15)16)7-18-17(23)11-2-3-11/h4-6,11,13H,2-3,7-9H2,1H3,(H,18,23)(H,19,22). The molecule has 126 valence electrons. The van der Waals surface area contributed by atoms with Crippen LogP contribution in [0.3, 0.4) is 0 Å². The maximum Gasteiger partial charge on any atom is 0.223 e. The Morgan fingerprint density at radius 1 is 1.38 bits per heavy atom. The van der Waals surface area contributed by atoms with Crippen molar-refractivity contribution in [3.8, 4) is 0 Å². The normalized spacial score (nSPS) is 19.8. The van der Waals surface area contributed by atoms with E-state index >= 15 is 0 Å². The number of aromatic nitrogens is 2. The van der Waals surface area contributed by atoms with E-state index in [1.54, 1.807) is 0 Å². The minimum atomic E-state index is -0.109. The van der Waals surface area contributed by atoms with Crippen LogP contribution in [0.25, 0.3) is 11.0 Å². The van der Waals surface area contributed by atoms with E-state index in [0.29, 0.717) is 19.8 Å². The van der Waals surface area contributed by atoms with E-state index in [1.807, 2.05) is 18.2 Å². The molecule has 1 unspecified atom stereocenters. The zero-order valence-electron chi connectivity index (χ0n) is 13.5. The summed E-state index contributed by atoms with van der Waals surface area (Å²) in [6.45, 7) is 3.03. The van der Waals surface area contributed by atoms with Crippen molar-refractivity contribution in [2.24, 2.45) is 5.92 Å². The van der Waals surface area contributed by atoms with Crippen LogP contribution in [0.4, 0.5) is 5.69 Å². The highest BCUT2D eigenvalue weighted by Gasteiger charge is 2.31. The number of benzene rings is 1. The number of rotatable bonds is 4. The van der Waals surface area contributed by atoms with Crippen LogP contribution < -0.4 is 10.6 Å². The molecule has 1 aromatic heterocycles. The van der Waals surface area contributed by atoms with Gasteiger partial charge in [-0.15, -0.1) is 0 Å². The van der Waals surface area contributed by atoms with Gasteiger partial charge in [0.05, 0.1) is 23.7 Å². The molecule has 1 aromatic carbocycles. The lowest BCUT2D eigenvalue weighted by Crippen LogP contribution is -2.36. The Kier molecular flexibility index (Phi) is 3.72. The van der Waals surface area contributed by atoms with Crippen molar-refractivity contribution in [2.45, 2.75) is 32.4 Å². The van der Waals surface area contributed by atoms with Crippen LogP contribution in [0.15, 0.2) is 18.2 Å². The third kappa shape index (κ3) is 2.87. The van der Waals surface area contributed by atoms with E-state index in [1.165, 1.54) is 6.92 Å². The molecule has 2 aliphatic rings. The van der Waals surface area contributed by atoms with Crippen molar-refractivity contribution in [1.82, 2.24) is 14.9 Å². The van der Waals surface area contributed by atoms with Crippen LogP contribution in [0.2, 0.25) is 0 Å². The number of fused-ring (bicyclic) bond motifs is 3. The number of nitrogens with one attached hydrogen (secondary N) is 2. The highest BCUT2D eigenvalue weighted by atomic mass is 16.5. The Balaban J connectivity index is 1.60. The molecule has 2 heterocycles. The van der Waals surface area contributed by atoms with Crippen LogP contribution in [0.5, 0.6) is 0 Å². The van der Waals surface area contributed by atoms with Gasteiger partial charge in [-0.25, -0.2) is 4.98 Å². The van der Waals surface area contributed by atoms with Crippen molar-refractivity contribution in [3.05, 3.63) is 24.0 Å². The van der Waals surface area contributed by atoms with Gasteiger partial charge in [-0.1, -0.05) is 0 Å². The molecule has 7 heteroatoms. The molecule has 0 bridgehead atoms. The molecular weight excluding hydrogens is 308 g/mol. The molecule has 1 saturated carbocycles. The molecule has 1 aliphatic carbocycles. The van der Waals surface area contributed by atoms with E-state index in [9.17, 15) is 9.59 Å². The van der Waals surface area contributed by atoms with Crippen LogP contribution in [-0.4, -0.2) is 34.5 Å². The van der Waals surface area contributed by atoms with E-state index in [2.05, 4.69) is 20.2 Å². The van der Waals surface area contributed by atoms with E-state index in [-0.39, 0.29) is 23.8 Å². The Hall–Kier alpha value is -2.41.